The number of fused-ring (bicyclic) bond motifs is 1. The topological polar surface area (TPSA) is 58.1 Å². The summed E-state index contributed by atoms with van der Waals surface area (Å²) in [7, 11) is 6.06. The molecule has 1 aromatic carbocycles. The van der Waals surface area contributed by atoms with Gasteiger partial charge in [-0.05, 0) is 51.2 Å². The van der Waals surface area contributed by atoms with Crippen LogP contribution in [0.25, 0.3) is 0 Å². The van der Waals surface area contributed by atoms with Crippen molar-refractivity contribution in [2.24, 2.45) is 4.99 Å². The minimum atomic E-state index is 0. The van der Waals surface area contributed by atoms with Crippen LogP contribution in [0.15, 0.2) is 23.2 Å². The molecule has 0 amide bonds. The summed E-state index contributed by atoms with van der Waals surface area (Å²) in [5.41, 5.74) is 1.15. The maximum Gasteiger partial charge on any atom is 0.231 e. The number of rotatable bonds is 10. The Bertz CT molecular complexity index is 552. The monoisotopic (exact) mass is 476 g/mol. The van der Waals surface area contributed by atoms with E-state index in [4.69, 9.17) is 9.47 Å². The molecule has 2 N–H and O–H groups in total. The Morgan fingerprint density at radius 1 is 1.04 bits per heavy atom. The highest BCUT2D eigenvalue weighted by molar-refractivity contribution is 14.0. The minimum Gasteiger partial charge on any atom is -0.454 e. The summed E-state index contributed by atoms with van der Waals surface area (Å²) in [5.74, 6) is 2.47. The van der Waals surface area contributed by atoms with E-state index in [1.54, 1.807) is 7.05 Å². The number of hydrogen-bond donors (Lipinski definition) is 2. The van der Waals surface area contributed by atoms with Gasteiger partial charge in [0.1, 0.15) is 0 Å². The van der Waals surface area contributed by atoms with Crippen molar-refractivity contribution < 1.29 is 9.47 Å². The number of halogens is 1. The molecule has 26 heavy (non-hydrogen) atoms. The number of benzene rings is 1. The Morgan fingerprint density at radius 3 is 2.54 bits per heavy atom. The molecule has 0 radical (unpaired) electrons. The highest BCUT2D eigenvalue weighted by atomic mass is 127. The average Bonchev–Trinajstić information content (AvgIpc) is 3.07. The van der Waals surface area contributed by atoms with Gasteiger partial charge in [-0.1, -0.05) is 25.3 Å². The van der Waals surface area contributed by atoms with Crippen LogP contribution in [0.4, 0.5) is 0 Å². The zero-order chi connectivity index (χ0) is 17.9. The Hall–Kier alpha value is -1.22. The molecule has 148 valence electrons. The van der Waals surface area contributed by atoms with Crippen LogP contribution in [0.1, 0.15) is 37.7 Å². The van der Waals surface area contributed by atoms with Crippen LogP contribution in [-0.2, 0) is 6.54 Å². The van der Waals surface area contributed by atoms with Gasteiger partial charge >= 0.3 is 0 Å². The number of nitrogens with one attached hydrogen (secondary N) is 2. The smallest absolute Gasteiger partial charge is 0.231 e. The number of hydrogen-bond acceptors (Lipinski definition) is 4. The Morgan fingerprint density at radius 2 is 1.77 bits per heavy atom. The molecule has 0 unspecified atom stereocenters. The number of ether oxygens (including phenoxy) is 2. The zero-order valence-electron chi connectivity index (χ0n) is 16.2. The van der Waals surface area contributed by atoms with Gasteiger partial charge < -0.3 is 25.0 Å². The quantitative estimate of drug-likeness (QED) is 0.235. The summed E-state index contributed by atoms with van der Waals surface area (Å²) in [4.78, 5) is 6.52. The fourth-order valence-electron chi connectivity index (χ4n) is 2.75. The number of guanidine groups is 1. The first-order valence-corrected chi connectivity index (χ1v) is 9.17. The molecule has 0 aliphatic carbocycles. The van der Waals surface area contributed by atoms with Gasteiger partial charge in [-0.15, -0.1) is 24.0 Å². The number of unbranched alkanes of at least 4 members (excludes halogenated alkanes) is 4. The van der Waals surface area contributed by atoms with Crippen LogP contribution in [0.2, 0.25) is 0 Å². The summed E-state index contributed by atoms with van der Waals surface area (Å²) >= 11 is 0. The van der Waals surface area contributed by atoms with Crippen LogP contribution in [0.5, 0.6) is 11.5 Å². The van der Waals surface area contributed by atoms with Gasteiger partial charge in [-0.3, -0.25) is 4.99 Å². The number of nitrogens with zero attached hydrogens (tertiary/aromatic N) is 2. The minimum absolute atomic E-state index is 0. The second-order valence-electron chi connectivity index (χ2n) is 6.61. The molecule has 7 heteroatoms. The van der Waals surface area contributed by atoms with E-state index in [-0.39, 0.29) is 24.0 Å². The molecule has 0 saturated carbocycles. The first kappa shape index (κ1) is 22.8. The molecule has 0 bridgehead atoms. The molecular weight excluding hydrogens is 443 g/mol. The van der Waals surface area contributed by atoms with Crippen molar-refractivity contribution in [3.63, 3.8) is 0 Å². The van der Waals surface area contributed by atoms with Crippen molar-refractivity contribution in [3.05, 3.63) is 23.8 Å². The highest BCUT2D eigenvalue weighted by Gasteiger charge is 2.13. The number of aliphatic imine (C=N–C) groups is 1. The second-order valence-corrected chi connectivity index (χ2v) is 6.61. The molecule has 0 spiro atoms. The van der Waals surface area contributed by atoms with E-state index in [0.29, 0.717) is 13.3 Å². The third-order valence-electron chi connectivity index (χ3n) is 4.20. The predicted molar refractivity (Wildman–Crippen MR) is 118 cm³/mol. The van der Waals surface area contributed by atoms with Crippen molar-refractivity contribution >= 4 is 29.9 Å². The summed E-state index contributed by atoms with van der Waals surface area (Å²) in [5, 5.41) is 6.71. The van der Waals surface area contributed by atoms with Gasteiger partial charge in [0.2, 0.25) is 6.79 Å². The van der Waals surface area contributed by atoms with Gasteiger partial charge in [0.05, 0.1) is 0 Å². The van der Waals surface area contributed by atoms with E-state index >= 15 is 0 Å². The van der Waals surface area contributed by atoms with Crippen LogP contribution in [0.3, 0.4) is 0 Å². The normalized spacial score (nSPS) is 12.8. The molecule has 0 atom stereocenters. The van der Waals surface area contributed by atoms with Crippen molar-refractivity contribution in [1.82, 2.24) is 15.5 Å². The lowest BCUT2D eigenvalue weighted by molar-refractivity contribution is 0.174. The summed E-state index contributed by atoms with van der Waals surface area (Å²) < 4.78 is 10.7. The SMILES string of the molecule is CN=C(NCCCCCCCN(C)C)NCc1ccc2c(c1)OCO2.I. The molecular formula is C19H33IN4O2. The van der Waals surface area contributed by atoms with Crippen molar-refractivity contribution in [1.29, 1.82) is 0 Å². The molecule has 1 aliphatic rings. The van der Waals surface area contributed by atoms with E-state index in [0.717, 1.165) is 29.6 Å². The van der Waals surface area contributed by atoms with Gasteiger partial charge in [-0.2, -0.15) is 0 Å². The van der Waals surface area contributed by atoms with Crippen molar-refractivity contribution in [2.75, 3.05) is 41.0 Å². The third kappa shape index (κ3) is 8.44. The van der Waals surface area contributed by atoms with E-state index in [2.05, 4.69) is 34.6 Å². The third-order valence-corrected chi connectivity index (χ3v) is 4.20. The fraction of sp³-hybridized carbons (Fsp3) is 0.632. The van der Waals surface area contributed by atoms with Crippen LogP contribution >= 0.6 is 24.0 Å². The Balaban J connectivity index is 0.00000338. The van der Waals surface area contributed by atoms with E-state index in [1.807, 2.05) is 18.2 Å². The van der Waals surface area contributed by atoms with Gasteiger partial charge in [0.25, 0.3) is 0 Å². The maximum absolute atomic E-state index is 5.41. The van der Waals surface area contributed by atoms with Crippen molar-refractivity contribution in [3.8, 4) is 11.5 Å². The molecule has 1 aromatic rings. The van der Waals surface area contributed by atoms with Crippen LogP contribution < -0.4 is 20.1 Å². The molecule has 0 fully saturated rings. The first-order valence-electron chi connectivity index (χ1n) is 9.17. The van der Waals surface area contributed by atoms with Crippen molar-refractivity contribution in [2.45, 2.75) is 38.6 Å². The summed E-state index contributed by atoms with van der Waals surface area (Å²) in [6, 6.07) is 6.00. The Labute approximate surface area is 174 Å². The highest BCUT2D eigenvalue weighted by Crippen LogP contribution is 2.32. The molecule has 1 heterocycles. The molecule has 0 aromatic heterocycles. The zero-order valence-corrected chi connectivity index (χ0v) is 18.5. The molecule has 2 rings (SSSR count). The largest absolute Gasteiger partial charge is 0.454 e. The Kier molecular flexibility index (Phi) is 11.4. The van der Waals surface area contributed by atoms with E-state index in [9.17, 15) is 0 Å². The standard InChI is InChI=1S/C19H32N4O2.HI/c1-20-19(21-11-7-5-4-6-8-12-23(2)3)22-14-16-9-10-17-18(13-16)25-15-24-17;/h9-10,13H,4-8,11-12,14-15H2,1-3H3,(H2,20,21,22);1H. The summed E-state index contributed by atoms with van der Waals surface area (Å²) in [6.45, 7) is 3.16. The molecule has 1 aliphatic heterocycles. The first-order chi connectivity index (χ1) is 12.2. The lowest BCUT2D eigenvalue weighted by Crippen LogP contribution is -2.37. The lowest BCUT2D eigenvalue weighted by Gasteiger charge is -2.12. The fourth-order valence-corrected chi connectivity index (χ4v) is 2.75. The molecule has 0 saturated heterocycles. The predicted octanol–water partition coefficient (Wildman–Crippen LogP) is 3.21. The van der Waals surface area contributed by atoms with E-state index < -0.39 is 0 Å². The van der Waals surface area contributed by atoms with E-state index in [1.165, 1.54) is 38.6 Å². The van der Waals surface area contributed by atoms with Gasteiger partial charge in [-0.25, -0.2) is 0 Å². The summed E-state index contributed by atoms with van der Waals surface area (Å²) in [6.07, 6.45) is 6.35. The van der Waals surface area contributed by atoms with Gasteiger partial charge in [0.15, 0.2) is 17.5 Å². The molecule has 6 nitrogen and oxygen atoms in total. The lowest BCUT2D eigenvalue weighted by atomic mass is 10.1. The second kappa shape index (κ2) is 13.0. The van der Waals surface area contributed by atoms with Crippen LogP contribution in [-0.4, -0.2) is 51.9 Å². The van der Waals surface area contributed by atoms with Gasteiger partial charge in [0, 0.05) is 20.1 Å². The van der Waals surface area contributed by atoms with Crippen LogP contribution in [0, 0.1) is 0 Å². The maximum atomic E-state index is 5.41. The average molecular weight is 476 g/mol.